The predicted molar refractivity (Wildman–Crippen MR) is 150 cm³/mol. The van der Waals surface area contributed by atoms with Crippen molar-refractivity contribution in [1.82, 2.24) is 9.34 Å². The summed E-state index contributed by atoms with van der Waals surface area (Å²) in [5.41, 5.74) is 3.31. The summed E-state index contributed by atoms with van der Waals surface area (Å²) in [6, 6.07) is 39.4. The molecule has 1 aliphatic heterocycles. The molecule has 0 unspecified atom stereocenters. The van der Waals surface area contributed by atoms with E-state index in [9.17, 15) is 4.57 Å². The van der Waals surface area contributed by atoms with Crippen molar-refractivity contribution >= 4 is 35.4 Å². The molecule has 0 N–H and O–H groups in total. The molecule has 1 aliphatic rings. The van der Waals surface area contributed by atoms with Gasteiger partial charge < -0.3 is 0 Å². The van der Waals surface area contributed by atoms with E-state index in [1.165, 1.54) is 32.7 Å². The van der Waals surface area contributed by atoms with Gasteiger partial charge in [-0.2, -0.15) is 0 Å². The number of hydrogen-bond acceptors (Lipinski definition) is 1. The highest BCUT2D eigenvalue weighted by Crippen LogP contribution is 2.59. The first kappa shape index (κ1) is 22.9. The van der Waals surface area contributed by atoms with Crippen LogP contribution in [0, 0.1) is 0 Å². The zero-order valence-corrected chi connectivity index (χ0v) is 21.0. The molecule has 1 heterocycles. The maximum Gasteiger partial charge on any atom is 0.330 e. The highest BCUT2D eigenvalue weighted by molar-refractivity contribution is 7.58. The minimum Gasteiger partial charge on any atom is -0.262 e. The summed E-state index contributed by atoms with van der Waals surface area (Å²) in [4.78, 5) is 0. The Morgan fingerprint density at radius 1 is 0.611 bits per heavy atom. The van der Waals surface area contributed by atoms with Crippen molar-refractivity contribution in [3.63, 3.8) is 0 Å². The van der Waals surface area contributed by atoms with E-state index >= 15 is 0 Å². The lowest BCUT2D eigenvalue weighted by atomic mass is 10.0. The number of fused-ring (bicyclic) bond motifs is 2. The van der Waals surface area contributed by atoms with Crippen LogP contribution in [0.25, 0.3) is 21.5 Å². The van der Waals surface area contributed by atoms with Crippen molar-refractivity contribution in [2.45, 2.75) is 13.1 Å². The maximum absolute atomic E-state index is 14.8. The van der Waals surface area contributed by atoms with E-state index in [-0.39, 0.29) is 0 Å². The summed E-state index contributed by atoms with van der Waals surface area (Å²) in [6.07, 6.45) is 1.78. The molecule has 0 spiro atoms. The normalized spacial score (nSPS) is 16.3. The fourth-order valence-corrected chi connectivity index (χ4v) is 7.40. The van der Waals surface area contributed by atoms with Crippen molar-refractivity contribution in [1.29, 1.82) is 0 Å². The third kappa shape index (κ3) is 4.40. The molecule has 4 nitrogen and oxygen atoms in total. The number of rotatable bonds is 6. The van der Waals surface area contributed by atoms with Crippen LogP contribution in [0.5, 0.6) is 0 Å². The monoisotopic (exact) mass is 489 g/mol. The van der Waals surface area contributed by atoms with Gasteiger partial charge in [0.05, 0.1) is 0 Å². The molecule has 5 heteroatoms. The van der Waals surface area contributed by atoms with Crippen LogP contribution in [0.4, 0.5) is 0 Å². The molecular weight excluding hydrogens is 461 g/mol. The van der Waals surface area contributed by atoms with E-state index in [0.717, 1.165) is 5.56 Å². The van der Waals surface area contributed by atoms with Crippen LogP contribution in [0.2, 0.25) is 0 Å². The first-order valence-corrected chi connectivity index (χ1v) is 13.9. The molecular formula is C31H28N3OP. The molecule has 0 bridgehead atoms. The molecule has 6 rings (SSSR count). The lowest BCUT2D eigenvalue weighted by Crippen LogP contribution is -2.18. The number of hydrogen-bond donors (Lipinski definition) is 0. The average molecular weight is 490 g/mol. The molecule has 1 fully saturated rings. The molecule has 0 amide bonds. The average Bonchev–Trinajstić information content (AvgIpc) is 3.23. The van der Waals surface area contributed by atoms with Crippen LogP contribution in [0.3, 0.4) is 0 Å². The molecule has 0 radical (unpaired) electrons. The summed E-state index contributed by atoms with van der Waals surface area (Å²) in [5, 5.41) is 4.80. The predicted octanol–water partition coefficient (Wildman–Crippen LogP) is 7.54. The SMILES string of the molecule is O=P1(N=Cc2ccccc2)N(Cc2cccc3ccccc23)CCN1Cc1cccc2ccccc12. The van der Waals surface area contributed by atoms with Gasteiger partial charge in [-0.25, -0.2) is 14.1 Å². The third-order valence-corrected chi connectivity index (χ3v) is 9.55. The van der Waals surface area contributed by atoms with E-state index in [0.29, 0.717) is 26.2 Å². The van der Waals surface area contributed by atoms with Gasteiger partial charge in [-0.15, -0.1) is 0 Å². The minimum atomic E-state index is -3.21. The molecule has 36 heavy (non-hydrogen) atoms. The second kappa shape index (κ2) is 9.83. The molecule has 178 valence electrons. The van der Waals surface area contributed by atoms with E-state index in [4.69, 9.17) is 4.76 Å². The Hall–Kier alpha value is -3.56. The Balaban J connectivity index is 1.37. The topological polar surface area (TPSA) is 35.9 Å². The fraction of sp³-hybridized carbons (Fsp3) is 0.129. The van der Waals surface area contributed by atoms with Crippen molar-refractivity contribution in [2.24, 2.45) is 4.76 Å². The van der Waals surface area contributed by atoms with E-state index < -0.39 is 7.59 Å². The first-order chi connectivity index (χ1) is 17.7. The highest BCUT2D eigenvalue weighted by Gasteiger charge is 2.42. The van der Waals surface area contributed by atoms with Gasteiger partial charge in [-0.05, 0) is 38.2 Å². The molecule has 0 atom stereocenters. The summed E-state index contributed by atoms with van der Waals surface area (Å²) >= 11 is 0. The van der Waals surface area contributed by atoms with Gasteiger partial charge >= 0.3 is 7.59 Å². The molecule has 0 saturated carbocycles. The molecule has 1 saturated heterocycles. The maximum atomic E-state index is 14.8. The van der Waals surface area contributed by atoms with Gasteiger partial charge in [-0.1, -0.05) is 115 Å². The van der Waals surface area contributed by atoms with Crippen molar-refractivity contribution in [3.05, 3.63) is 132 Å². The van der Waals surface area contributed by atoms with Crippen LogP contribution in [-0.2, 0) is 17.7 Å². The highest BCUT2D eigenvalue weighted by atomic mass is 31.2. The van der Waals surface area contributed by atoms with Crippen LogP contribution < -0.4 is 0 Å². The third-order valence-electron chi connectivity index (χ3n) is 6.98. The second-order valence-corrected chi connectivity index (χ2v) is 11.6. The lowest BCUT2D eigenvalue weighted by molar-refractivity contribution is 0.436. The van der Waals surface area contributed by atoms with Gasteiger partial charge in [0.25, 0.3) is 0 Å². The first-order valence-electron chi connectivity index (χ1n) is 12.4. The van der Waals surface area contributed by atoms with Crippen LogP contribution >= 0.6 is 7.59 Å². The zero-order chi connectivity index (χ0) is 24.4. The fourth-order valence-electron chi connectivity index (χ4n) is 5.09. The summed E-state index contributed by atoms with van der Waals surface area (Å²) in [7, 11) is -3.21. The second-order valence-electron chi connectivity index (χ2n) is 9.22. The van der Waals surface area contributed by atoms with Gasteiger partial charge in [0, 0.05) is 32.4 Å². The van der Waals surface area contributed by atoms with Crippen molar-refractivity contribution in [2.75, 3.05) is 13.1 Å². The van der Waals surface area contributed by atoms with Crippen molar-refractivity contribution in [3.8, 4) is 0 Å². The standard InChI is InChI=1S/C31H28N3OP/c35-36(32-22-25-10-2-1-3-11-25)33(23-28-16-8-14-26-12-4-6-18-30(26)28)20-21-34(36)24-29-17-9-15-27-13-5-7-19-31(27)29/h1-19,22H,20-21,23-24H2. The van der Waals surface area contributed by atoms with Gasteiger partial charge in [0.15, 0.2) is 0 Å². The summed E-state index contributed by atoms with van der Waals surface area (Å²) < 4.78 is 23.8. The Bertz CT molecular complexity index is 1490. The summed E-state index contributed by atoms with van der Waals surface area (Å²) in [6.45, 7) is 2.60. The van der Waals surface area contributed by atoms with E-state index in [1.807, 2.05) is 30.3 Å². The van der Waals surface area contributed by atoms with Crippen LogP contribution in [-0.4, -0.2) is 28.6 Å². The largest absolute Gasteiger partial charge is 0.330 e. The van der Waals surface area contributed by atoms with Gasteiger partial charge in [0.2, 0.25) is 0 Å². The van der Waals surface area contributed by atoms with Gasteiger partial charge in [0.1, 0.15) is 0 Å². The Morgan fingerprint density at radius 2 is 1.08 bits per heavy atom. The molecule has 5 aromatic rings. The van der Waals surface area contributed by atoms with E-state index in [2.05, 4.69) is 94.3 Å². The smallest absolute Gasteiger partial charge is 0.262 e. The molecule has 0 aromatic heterocycles. The molecule has 5 aromatic carbocycles. The summed E-state index contributed by atoms with van der Waals surface area (Å²) in [5.74, 6) is 0. The Morgan fingerprint density at radius 3 is 1.64 bits per heavy atom. The number of nitrogens with zero attached hydrogens (tertiary/aromatic N) is 3. The zero-order valence-electron chi connectivity index (χ0n) is 20.1. The minimum absolute atomic E-state index is 0.594. The van der Waals surface area contributed by atoms with Gasteiger partial charge in [-0.3, -0.25) is 4.57 Å². The van der Waals surface area contributed by atoms with Crippen LogP contribution in [0.1, 0.15) is 16.7 Å². The lowest BCUT2D eigenvalue weighted by Gasteiger charge is -2.27. The number of benzene rings is 5. The van der Waals surface area contributed by atoms with E-state index in [1.54, 1.807) is 6.21 Å². The Labute approximate surface area is 212 Å². The van der Waals surface area contributed by atoms with Crippen LogP contribution in [0.15, 0.2) is 120 Å². The molecule has 0 aliphatic carbocycles. The quantitative estimate of drug-likeness (QED) is 0.183. The Kier molecular flexibility index (Phi) is 6.25. The van der Waals surface area contributed by atoms with Crippen molar-refractivity contribution < 1.29 is 4.57 Å².